The number of nitrogens with zero attached hydrogens (tertiary/aromatic N) is 1. The van der Waals surface area contributed by atoms with E-state index in [-0.39, 0.29) is 30.7 Å². The SMILES string of the molecule is CCCCN1CC(C(=O)Nc2ccc(C(=O)NCC(=O)OC)cc2)CC1=O. The molecule has 8 nitrogen and oxygen atoms in total. The average molecular weight is 375 g/mol. The second-order valence-corrected chi connectivity index (χ2v) is 6.42. The Hall–Kier alpha value is -2.90. The highest BCUT2D eigenvalue weighted by Gasteiger charge is 2.33. The minimum absolute atomic E-state index is 0.0150. The van der Waals surface area contributed by atoms with Gasteiger partial charge in [-0.1, -0.05) is 13.3 Å². The van der Waals surface area contributed by atoms with Gasteiger partial charge < -0.3 is 20.3 Å². The molecule has 1 aromatic carbocycles. The lowest BCUT2D eigenvalue weighted by Crippen LogP contribution is -2.30. The van der Waals surface area contributed by atoms with E-state index >= 15 is 0 Å². The van der Waals surface area contributed by atoms with Crippen molar-refractivity contribution >= 4 is 29.4 Å². The van der Waals surface area contributed by atoms with Crippen molar-refractivity contribution in [3.05, 3.63) is 29.8 Å². The van der Waals surface area contributed by atoms with Crippen molar-refractivity contribution in [3.8, 4) is 0 Å². The molecular formula is C19H25N3O5. The summed E-state index contributed by atoms with van der Waals surface area (Å²) >= 11 is 0. The predicted molar refractivity (Wildman–Crippen MR) is 99.0 cm³/mol. The molecule has 1 fully saturated rings. The molecule has 1 aliphatic heterocycles. The van der Waals surface area contributed by atoms with Gasteiger partial charge in [-0.25, -0.2) is 0 Å². The van der Waals surface area contributed by atoms with Crippen molar-refractivity contribution in [2.75, 3.05) is 32.1 Å². The normalized spacial score (nSPS) is 16.1. The largest absolute Gasteiger partial charge is 0.468 e. The van der Waals surface area contributed by atoms with E-state index in [4.69, 9.17) is 0 Å². The van der Waals surface area contributed by atoms with Crippen LogP contribution >= 0.6 is 0 Å². The summed E-state index contributed by atoms with van der Waals surface area (Å²) in [7, 11) is 1.24. The van der Waals surface area contributed by atoms with Crippen LogP contribution in [0, 0.1) is 5.92 Å². The first-order chi connectivity index (χ1) is 12.9. The molecule has 1 heterocycles. The zero-order valence-corrected chi connectivity index (χ0v) is 15.6. The van der Waals surface area contributed by atoms with Gasteiger partial charge in [0.25, 0.3) is 5.91 Å². The van der Waals surface area contributed by atoms with Gasteiger partial charge in [0.05, 0.1) is 13.0 Å². The third-order valence-electron chi connectivity index (χ3n) is 4.40. The number of methoxy groups -OCH3 is 1. The van der Waals surface area contributed by atoms with E-state index in [1.807, 2.05) is 0 Å². The second kappa shape index (κ2) is 9.70. The minimum atomic E-state index is -0.536. The van der Waals surface area contributed by atoms with Gasteiger partial charge in [0.1, 0.15) is 6.54 Å². The van der Waals surface area contributed by atoms with Gasteiger partial charge in [-0.05, 0) is 30.7 Å². The highest BCUT2D eigenvalue weighted by atomic mass is 16.5. The topological polar surface area (TPSA) is 105 Å². The van der Waals surface area contributed by atoms with Crippen molar-refractivity contribution in [1.29, 1.82) is 0 Å². The van der Waals surface area contributed by atoms with Crippen LogP contribution in [0.5, 0.6) is 0 Å². The Balaban J connectivity index is 1.87. The van der Waals surface area contributed by atoms with Crippen LogP contribution in [-0.2, 0) is 19.1 Å². The summed E-state index contributed by atoms with van der Waals surface area (Å²) in [6.45, 7) is 2.98. The third-order valence-corrected chi connectivity index (χ3v) is 4.40. The first kappa shape index (κ1) is 20.4. The molecule has 0 aromatic heterocycles. The maximum Gasteiger partial charge on any atom is 0.325 e. The lowest BCUT2D eigenvalue weighted by atomic mass is 10.1. The fourth-order valence-electron chi connectivity index (χ4n) is 2.79. The van der Waals surface area contributed by atoms with Crippen LogP contribution in [0.4, 0.5) is 5.69 Å². The summed E-state index contributed by atoms with van der Waals surface area (Å²) in [5.74, 6) is -1.50. The van der Waals surface area contributed by atoms with E-state index in [2.05, 4.69) is 22.3 Å². The number of anilines is 1. The van der Waals surface area contributed by atoms with Crippen molar-refractivity contribution < 1.29 is 23.9 Å². The molecule has 1 atom stereocenters. The molecular weight excluding hydrogens is 350 g/mol. The molecule has 2 N–H and O–H groups in total. The number of unbranched alkanes of at least 4 members (excludes halogenated alkanes) is 1. The van der Waals surface area contributed by atoms with Crippen molar-refractivity contribution in [2.45, 2.75) is 26.2 Å². The first-order valence-electron chi connectivity index (χ1n) is 8.98. The summed E-state index contributed by atoms with van der Waals surface area (Å²) in [5.41, 5.74) is 0.905. The van der Waals surface area contributed by atoms with Gasteiger partial charge in [-0.3, -0.25) is 19.2 Å². The molecule has 0 bridgehead atoms. The van der Waals surface area contributed by atoms with Gasteiger partial charge in [0.2, 0.25) is 11.8 Å². The number of hydrogen-bond acceptors (Lipinski definition) is 5. The van der Waals surface area contributed by atoms with Crippen molar-refractivity contribution in [3.63, 3.8) is 0 Å². The smallest absolute Gasteiger partial charge is 0.325 e. The molecule has 1 unspecified atom stereocenters. The van der Waals surface area contributed by atoms with Gasteiger partial charge >= 0.3 is 5.97 Å². The zero-order chi connectivity index (χ0) is 19.8. The monoisotopic (exact) mass is 375 g/mol. The Labute approximate surface area is 158 Å². The number of hydrogen-bond donors (Lipinski definition) is 2. The van der Waals surface area contributed by atoms with E-state index < -0.39 is 11.9 Å². The molecule has 0 aliphatic carbocycles. The number of nitrogens with one attached hydrogen (secondary N) is 2. The summed E-state index contributed by atoms with van der Waals surface area (Å²) < 4.78 is 4.46. The maximum absolute atomic E-state index is 12.4. The number of carbonyl (C=O) groups excluding carboxylic acids is 4. The molecule has 8 heteroatoms. The van der Waals surface area contributed by atoms with Crippen LogP contribution < -0.4 is 10.6 Å². The van der Waals surface area contributed by atoms with E-state index in [9.17, 15) is 19.2 Å². The summed E-state index contributed by atoms with van der Waals surface area (Å²) in [6, 6.07) is 6.32. The molecule has 2 rings (SSSR count). The number of amides is 3. The van der Waals surface area contributed by atoms with Gasteiger partial charge in [0, 0.05) is 30.8 Å². The highest BCUT2D eigenvalue weighted by molar-refractivity contribution is 5.99. The second-order valence-electron chi connectivity index (χ2n) is 6.42. The van der Waals surface area contributed by atoms with Crippen LogP contribution in [0.2, 0.25) is 0 Å². The maximum atomic E-state index is 12.4. The lowest BCUT2D eigenvalue weighted by Gasteiger charge is -2.16. The molecule has 0 spiro atoms. The number of likely N-dealkylation sites (tertiary alicyclic amines) is 1. The molecule has 146 valence electrons. The van der Waals surface area contributed by atoms with Crippen molar-refractivity contribution in [1.82, 2.24) is 10.2 Å². The van der Waals surface area contributed by atoms with Gasteiger partial charge in [0.15, 0.2) is 0 Å². The van der Waals surface area contributed by atoms with Crippen LogP contribution in [0.1, 0.15) is 36.5 Å². The van der Waals surface area contributed by atoms with Crippen LogP contribution in [0.25, 0.3) is 0 Å². The number of esters is 1. The fraction of sp³-hybridized carbons (Fsp3) is 0.474. The number of rotatable bonds is 8. The first-order valence-corrected chi connectivity index (χ1v) is 8.98. The minimum Gasteiger partial charge on any atom is -0.468 e. The Morgan fingerprint density at radius 3 is 2.56 bits per heavy atom. The summed E-state index contributed by atoms with van der Waals surface area (Å²) in [4.78, 5) is 49.1. The number of carbonyl (C=O) groups is 4. The predicted octanol–water partition coefficient (Wildman–Crippen LogP) is 1.18. The Morgan fingerprint density at radius 1 is 1.22 bits per heavy atom. The standard InChI is InChI=1S/C19H25N3O5/c1-3-4-9-22-12-14(10-16(22)23)19(26)21-15-7-5-13(6-8-15)18(25)20-11-17(24)27-2/h5-8,14H,3-4,9-12H2,1-2H3,(H,20,25)(H,21,26). The van der Waals surface area contributed by atoms with Crippen LogP contribution in [-0.4, -0.2) is 55.3 Å². The van der Waals surface area contributed by atoms with Crippen LogP contribution in [0.3, 0.4) is 0 Å². The fourth-order valence-corrected chi connectivity index (χ4v) is 2.79. The van der Waals surface area contributed by atoms with E-state index in [0.717, 1.165) is 12.8 Å². The summed E-state index contributed by atoms with van der Waals surface area (Å²) in [6.07, 6.45) is 2.16. The molecule has 27 heavy (non-hydrogen) atoms. The van der Waals surface area contributed by atoms with Crippen LogP contribution in [0.15, 0.2) is 24.3 Å². The molecule has 3 amide bonds. The third kappa shape index (κ3) is 5.80. The quantitative estimate of drug-likeness (QED) is 0.664. The molecule has 0 radical (unpaired) electrons. The highest BCUT2D eigenvalue weighted by Crippen LogP contribution is 2.20. The molecule has 1 aliphatic rings. The van der Waals surface area contributed by atoms with E-state index in [0.29, 0.717) is 24.3 Å². The molecule has 1 saturated heterocycles. The lowest BCUT2D eigenvalue weighted by molar-refractivity contribution is -0.139. The molecule has 0 saturated carbocycles. The van der Waals surface area contributed by atoms with E-state index in [1.165, 1.54) is 7.11 Å². The van der Waals surface area contributed by atoms with Gasteiger partial charge in [-0.2, -0.15) is 0 Å². The summed E-state index contributed by atoms with van der Waals surface area (Å²) in [5, 5.41) is 5.22. The number of benzene rings is 1. The Kier molecular flexibility index (Phi) is 7.34. The molecule has 1 aromatic rings. The van der Waals surface area contributed by atoms with Gasteiger partial charge in [-0.15, -0.1) is 0 Å². The number of ether oxygens (including phenoxy) is 1. The average Bonchev–Trinajstić information content (AvgIpc) is 3.05. The Bertz CT molecular complexity index is 702. The van der Waals surface area contributed by atoms with E-state index in [1.54, 1.807) is 29.2 Å². The van der Waals surface area contributed by atoms with Crippen molar-refractivity contribution in [2.24, 2.45) is 5.92 Å². The Morgan fingerprint density at radius 2 is 1.93 bits per heavy atom. The zero-order valence-electron chi connectivity index (χ0n) is 15.6.